The number of nitrogens with one attached hydrogen (secondary N) is 2. The molecule has 3 heterocycles. The quantitative estimate of drug-likeness (QED) is 0.193. The first-order valence-electron chi connectivity index (χ1n) is 15.7. The number of allylic oxidation sites excluding steroid dienone is 1. The third-order valence-electron chi connectivity index (χ3n) is 8.63. The molecule has 1 aromatic heterocycles. The maximum atomic E-state index is 14.2. The SMILES string of the molecule is CCOC(=O)[C@@]12C[C@H]1C=CCCCCC[C@H](NC(=O)c1cc(C)on1)C(=O)N1C[C@H](OC(=O)c3ccc([N+](=O)[O-])cc3)C[C@H]1C(=O)N2. The Morgan fingerprint density at radius 2 is 1.96 bits per heavy atom. The maximum Gasteiger partial charge on any atom is 0.338 e. The summed E-state index contributed by atoms with van der Waals surface area (Å²) in [5.74, 6) is -3.03. The Morgan fingerprint density at radius 3 is 2.64 bits per heavy atom. The zero-order valence-corrected chi connectivity index (χ0v) is 26.1. The number of carbonyl (C=O) groups excluding carboxylic acids is 5. The molecule has 3 aliphatic rings. The van der Waals surface area contributed by atoms with Crippen LogP contribution in [-0.4, -0.2) is 81.5 Å². The monoisotopic (exact) mass is 651 g/mol. The van der Waals surface area contributed by atoms with Gasteiger partial charge in [-0.3, -0.25) is 24.5 Å². The number of aromatic nitrogens is 1. The maximum absolute atomic E-state index is 14.2. The van der Waals surface area contributed by atoms with E-state index in [1.54, 1.807) is 13.8 Å². The fraction of sp³-hybridized carbons (Fsp3) is 0.500. The highest BCUT2D eigenvalue weighted by atomic mass is 16.6. The van der Waals surface area contributed by atoms with Crippen molar-refractivity contribution in [1.29, 1.82) is 0 Å². The molecule has 0 spiro atoms. The molecule has 3 amide bonds. The van der Waals surface area contributed by atoms with Crippen LogP contribution in [0, 0.1) is 23.0 Å². The Labute approximate surface area is 270 Å². The second-order valence-electron chi connectivity index (χ2n) is 12.0. The van der Waals surface area contributed by atoms with Gasteiger partial charge in [0.2, 0.25) is 11.8 Å². The summed E-state index contributed by atoms with van der Waals surface area (Å²) in [6.07, 6.45) is 6.39. The Bertz CT molecular complexity index is 1570. The van der Waals surface area contributed by atoms with Crippen LogP contribution in [-0.2, 0) is 23.9 Å². The van der Waals surface area contributed by atoms with E-state index in [4.69, 9.17) is 14.0 Å². The molecule has 1 saturated heterocycles. The molecule has 2 aromatic rings. The molecule has 250 valence electrons. The summed E-state index contributed by atoms with van der Waals surface area (Å²) in [5.41, 5.74) is -1.44. The summed E-state index contributed by atoms with van der Waals surface area (Å²) in [6, 6.07) is 4.12. The van der Waals surface area contributed by atoms with Gasteiger partial charge in [-0.2, -0.15) is 0 Å². The number of rotatable bonds is 7. The number of nitro groups is 1. The Hall–Kier alpha value is -5.08. The minimum Gasteiger partial charge on any atom is -0.464 e. The van der Waals surface area contributed by atoms with Gasteiger partial charge in [-0.15, -0.1) is 0 Å². The van der Waals surface area contributed by atoms with E-state index in [1.165, 1.54) is 35.2 Å². The molecule has 0 unspecified atom stereocenters. The second-order valence-corrected chi connectivity index (χ2v) is 12.0. The highest BCUT2D eigenvalue weighted by Gasteiger charge is 2.62. The van der Waals surface area contributed by atoms with E-state index in [0.29, 0.717) is 18.6 Å². The molecular formula is C32H37N5O10. The van der Waals surface area contributed by atoms with Crippen molar-refractivity contribution in [3.05, 3.63) is 69.6 Å². The van der Waals surface area contributed by atoms with E-state index in [1.807, 2.05) is 12.2 Å². The first-order chi connectivity index (χ1) is 22.5. The van der Waals surface area contributed by atoms with Crippen LogP contribution in [0.25, 0.3) is 0 Å². The zero-order chi connectivity index (χ0) is 33.7. The number of amides is 3. The standard InChI is InChI=1S/C32H37N5O10/c1-3-45-31(42)32-17-21(32)9-7-5-4-6-8-10-24(33-27(38)25-15-19(2)47-35-25)29(40)36-18-23(16-26(36)28(39)34-32)46-30(41)20-11-13-22(14-12-20)37(43)44/h7,9,11-15,21,23-24,26H,3-6,8,10,16-18H2,1-2H3,(H,33,38)(H,34,39)/t21-,23-,24+,26+,32-/m1/s1. The fourth-order valence-corrected chi connectivity index (χ4v) is 6.04. The number of aryl methyl sites for hydroxylation is 1. The van der Waals surface area contributed by atoms with Crippen molar-refractivity contribution >= 4 is 35.3 Å². The number of hydrogen-bond acceptors (Lipinski definition) is 11. The van der Waals surface area contributed by atoms with Crippen LogP contribution in [0.15, 0.2) is 47.0 Å². The third-order valence-corrected chi connectivity index (χ3v) is 8.63. The summed E-state index contributed by atoms with van der Waals surface area (Å²) < 4.78 is 16.0. The van der Waals surface area contributed by atoms with E-state index in [-0.39, 0.29) is 48.9 Å². The summed E-state index contributed by atoms with van der Waals surface area (Å²) in [6.45, 7) is 3.26. The molecule has 1 saturated carbocycles. The van der Waals surface area contributed by atoms with Gasteiger partial charge in [0.25, 0.3) is 11.6 Å². The number of hydrogen-bond donors (Lipinski definition) is 2. The molecule has 15 nitrogen and oxygen atoms in total. The first-order valence-corrected chi connectivity index (χ1v) is 15.7. The lowest BCUT2D eigenvalue weighted by molar-refractivity contribution is -0.384. The van der Waals surface area contributed by atoms with Crippen molar-refractivity contribution in [3.8, 4) is 0 Å². The van der Waals surface area contributed by atoms with Gasteiger partial charge < -0.3 is 29.5 Å². The number of benzene rings is 1. The van der Waals surface area contributed by atoms with Crippen LogP contribution in [0.2, 0.25) is 0 Å². The average molecular weight is 652 g/mol. The first kappa shape index (κ1) is 33.3. The summed E-state index contributed by atoms with van der Waals surface area (Å²) in [4.78, 5) is 78.9. The van der Waals surface area contributed by atoms with Crippen molar-refractivity contribution in [1.82, 2.24) is 20.7 Å². The van der Waals surface area contributed by atoms with Crippen LogP contribution in [0.1, 0.15) is 78.5 Å². The van der Waals surface area contributed by atoms with Crippen molar-refractivity contribution in [2.24, 2.45) is 5.92 Å². The van der Waals surface area contributed by atoms with E-state index in [2.05, 4.69) is 15.8 Å². The lowest BCUT2D eigenvalue weighted by Crippen LogP contribution is -2.56. The molecule has 5 rings (SSSR count). The zero-order valence-electron chi connectivity index (χ0n) is 26.1. The molecule has 1 aliphatic carbocycles. The van der Waals surface area contributed by atoms with Gasteiger partial charge >= 0.3 is 11.9 Å². The number of nitro benzene ring substituents is 1. The lowest BCUT2D eigenvalue weighted by Gasteiger charge is -2.29. The van der Waals surface area contributed by atoms with Gasteiger partial charge in [-0.05, 0) is 51.7 Å². The van der Waals surface area contributed by atoms with E-state index in [9.17, 15) is 34.1 Å². The largest absolute Gasteiger partial charge is 0.464 e. The van der Waals surface area contributed by atoms with Crippen molar-refractivity contribution < 1.29 is 42.9 Å². The molecule has 15 heteroatoms. The summed E-state index contributed by atoms with van der Waals surface area (Å²) in [5, 5.41) is 20.3. The van der Waals surface area contributed by atoms with Crippen LogP contribution in [0.3, 0.4) is 0 Å². The lowest BCUT2D eigenvalue weighted by atomic mass is 10.0. The highest BCUT2D eigenvalue weighted by molar-refractivity contribution is 5.99. The molecule has 2 N–H and O–H groups in total. The molecule has 0 bridgehead atoms. The Morgan fingerprint density at radius 1 is 1.19 bits per heavy atom. The minimum absolute atomic E-state index is 0.00176. The minimum atomic E-state index is -1.29. The van der Waals surface area contributed by atoms with E-state index < -0.39 is 58.3 Å². The van der Waals surface area contributed by atoms with Gasteiger partial charge in [-0.25, -0.2) is 9.59 Å². The molecule has 2 aliphatic heterocycles. The topological polar surface area (TPSA) is 200 Å². The van der Waals surface area contributed by atoms with Gasteiger partial charge in [0.05, 0.1) is 23.6 Å². The van der Waals surface area contributed by atoms with Crippen molar-refractivity contribution in [2.45, 2.75) is 82.5 Å². The molecule has 1 aromatic carbocycles. The number of nitrogens with zero attached hydrogens (tertiary/aromatic N) is 3. The number of fused-ring (bicyclic) bond motifs is 2. The molecule has 47 heavy (non-hydrogen) atoms. The van der Waals surface area contributed by atoms with Gasteiger partial charge in [0.1, 0.15) is 29.5 Å². The van der Waals surface area contributed by atoms with Gasteiger partial charge in [0.15, 0.2) is 5.69 Å². The highest BCUT2D eigenvalue weighted by Crippen LogP contribution is 2.46. The van der Waals surface area contributed by atoms with Crippen molar-refractivity contribution in [2.75, 3.05) is 13.2 Å². The molecule has 2 fully saturated rings. The van der Waals surface area contributed by atoms with Crippen LogP contribution in [0.4, 0.5) is 5.69 Å². The predicted molar refractivity (Wildman–Crippen MR) is 163 cm³/mol. The van der Waals surface area contributed by atoms with E-state index in [0.717, 1.165) is 19.3 Å². The van der Waals surface area contributed by atoms with Gasteiger partial charge in [0, 0.05) is 30.5 Å². The number of non-ortho nitro benzene ring substituents is 1. The van der Waals surface area contributed by atoms with Crippen molar-refractivity contribution in [3.63, 3.8) is 0 Å². The van der Waals surface area contributed by atoms with Crippen LogP contribution in [0.5, 0.6) is 0 Å². The number of carbonyl (C=O) groups is 5. The smallest absolute Gasteiger partial charge is 0.338 e. The third kappa shape index (κ3) is 7.50. The predicted octanol–water partition coefficient (Wildman–Crippen LogP) is 2.77. The average Bonchev–Trinajstić information content (AvgIpc) is 3.32. The summed E-state index contributed by atoms with van der Waals surface area (Å²) >= 11 is 0. The Balaban J connectivity index is 1.42. The molecule has 5 atom stereocenters. The van der Waals surface area contributed by atoms with Crippen LogP contribution < -0.4 is 10.6 Å². The second kappa shape index (κ2) is 14.1. The normalized spacial score (nSPS) is 26.1. The Kier molecular flexibility index (Phi) is 10.0. The van der Waals surface area contributed by atoms with E-state index >= 15 is 0 Å². The number of esters is 2. The summed E-state index contributed by atoms with van der Waals surface area (Å²) in [7, 11) is 0. The van der Waals surface area contributed by atoms with Gasteiger partial charge in [-0.1, -0.05) is 30.2 Å². The fourth-order valence-electron chi connectivity index (χ4n) is 6.04. The molecular weight excluding hydrogens is 614 g/mol. The molecule has 0 radical (unpaired) electrons. The number of ether oxygens (including phenoxy) is 2. The van der Waals surface area contributed by atoms with Crippen LogP contribution >= 0.6 is 0 Å².